The predicted octanol–water partition coefficient (Wildman–Crippen LogP) is 6.44. The molecule has 0 unspecified atom stereocenters. The van der Waals surface area contributed by atoms with E-state index in [0.29, 0.717) is 12.2 Å². The summed E-state index contributed by atoms with van der Waals surface area (Å²) in [6, 6.07) is 0. The fraction of sp³-hybridized carbons (Fsp3) is 0.750. The number of carbonyl (C=O) groups excluding carboxylic acids is 1. The van der Waals surface area contributed by atoms with Crippen molar-refractivity contribution < 1.29 is 9.53 Å². The van der Waals surface area contributed by atoms with Gasteiger partial charge in [-0.15, -0.1) is 0 Å². The molecule has 0 saturated heterocycles. The number of ether oxygens (including phenoxy) is 1. The molecule has 0 rings (SSSR count). The van der Waals surface area contributed by atoms with Crippen molar-refractivity contribution in [3.05, 3.63) is 21.8 Å². The van der Waals surface area contributed by atoms with Crippen molar-refractivity contribution in [2.45, 2.75) is 86.5 Å². The number of carbonyl (C=O) groups is 1. The number of rotatable bonds is 13. The van der Waals surface area contributed by atoms with Crippen molar-refractivity contribution in [1.29, 1.82) is 0 Å². The Hall–Kier alpha value is -0.251. The van der Waals surface area contributed by atoms with Gasteiger partial charge in [0, 0.05) is 0 Å². The molecule has 0 aromatic rings. The molecule has 0 aliphatic carbocycles. The Balaban J connectivity index is 5.09. The first-order chi connectivity index (χ1) is 11.0. The van der Waals surface area contributed by atoms with Crippen LogP contribution in [0.25, 0.3) is 0 Å². The zero-order chi connectivity index (χ0) is 17.6. The molecular weight excluding hydrogens is 391 g/mol. The number of allylic oxidation sites excluding steroid dienone is 2. The molecule has 0 aromatic carbocycles. The number of hydrogen-bond donors (Lipinski definition) is 0. The summed E-state index contributed by atoms with van der Waals surface area (Å²) >= 11 is -2.20. The molecular formula is C20H38O2Sn. The van der Waals surface area contributed by atoms with Crippen LogP contribution in [0.1, 0.15) is 73.1 Å². The first-order valence-electron chi connectivity index (χ1n) is 9.58. The van der Waals surface area contributed by atoms with E-state index in [-0.39, 0.29) is 5.97 Å². The summed E-state index contributed by atoms with van der Waals surface area (Å²) < 4.78 is 12.0. The Morgan fingerprint density at radius 3 is 1.78 bits per heavy atom. The molecule has 0 radical (unpaired) electrons. The van der Waals surface area contributed by atoms with Crippen molar-refractivity contribution in [2.24, 2.45) is 0 Å². The molecule has 0 aromatic heterocycles. The minimum absolute atomic E-state index is 0.186. The van der Waals surface area contributed by atoms with Gasteiger partial charge < -0.3 is 0 Å². The Kier molecular flexibility index (Phi) is 14.0. The summed E-state index contributed by atoms with van der Waals surface area (Å²) in [7, 11) is 0. The van der Waals surface area contributed by atoms with Gasteiger partial charge in [0.2, 0.25) is 0 Å². The van der Waals surface area contributed by atoms with E-state index in [1.165, 1.54) is 51.8 Å². The fourth-order valence-corrected chi connectivity index (χ4v) is 17.0. The van der Waals surface area contributed by atoms with Gasteiger partial charge in [-0.05, 0) is 0 Å². The molecule has 0 aliphatic rings. The van der Waals surface area contributed by atoms with E-state index in [4.69, 9.17) is 4.74 Å². The summed E-state index contributed by atoms with van der Waals surface area (Å²) in [5.41, 5.74) is 0.713. The quantitative estimate of drug-likeness (QED) is 0.146. The van der Waals surface area contributed by atoms with Gasteiger partial charge in [-0.1, -0.05) is 0 Å². The summed E-state index contributed by atoms with van der Waals surface area (Å²) in [5, 5.41) is 0. The van der Waals surface area contributed by atoms with Crippen molar-refractivity contribution in [2.75, 3.05) is 6.61 Å². The third-order valence-corrected chi connectivity index (χ3v) is 18.6. The van der Waals surface area contributed by atoms with Crippen LogP contribution in [0.2, 0.25) is 13.3 Å². The monoisotopic (exact) mass is 430 g/mol. The summed E-state index contributed by atoms with van der Waals surface area (Å²) in [6.07, 6.45) is 12.1. The second-order valence-corrected chi connectivity index (χ2v) is 19.6. The van der Waals surface area contributed by atoms with Crippen LogP contribution in [0, 0.1) is 0 Å². The second-order valence-electron chi connectivity index (χ2n) is 6.60. The van der Waals surface area contributed by atoms with Crippen molar-refractivity contribution in [3.8, 4) is 0 Å². The Labute approximate surface area is 148 Å². The molecule has 0 N–H and O–H groups in total. The Morgan fingerprint density at radius 2 is 1.39 bits per heavy atom. The SMILES string of the molecule is CCC[CH2][Sn](/[CH]=C\C=C(\C)C(=O)OCC)([CH2]CCC)[CH2]CCC. The van der Waals surface area contributed by atoms with Gasteiger partial charge in [0.15, 0.2) is 0 Å². The molecule has 0 atom stereocenters. The average molecular weight is 429 g/mol. The van der Waals surface area contributed by atoms with Crippen LogP contribution < -0.4 is 0 Å². The third kappa shape index (κ3) is 10.3. The number of unbranched alkanes of at least 4 members (excludes halogenated alkanes) is 3. The number of esters is 1. The van der Waals surface area contributed by atoms with E-state index in [1.54, 1.807) is 0 Å². The van der Waals surface area contributed by atoms with Gasteiger partial charge in [0.05, 0.1) is 0 Å². The normalized spacial score (nSPS) is 12.8. The van der Waals surface area contributed by atoms with Gasteiger partial charge in [-0.25, -0.2) is 0 Å². The predicted molar refractivity (Wildman–Crippen MR) is 104 cm³/mol. The first-order valence-corrected chi connectivity index (χ1v) is 17.3. The van der Waals surface area contributed by atoms with Crippen molar-refractivity contribution in [3.63, 3.8) is 0 Å². The molecule has 0 aliphatic heterocycles. The van der Waals surface area contributed by atoms with Crippen LogP contribution in [0.4, 0.5) is 0 Å². The third-order valence-electron chi connectivity index (χ3n) is 4.48. The maximum atomic E-state index is 11.7. The molecule has 0 amide bonds. The summed E-state index contributed by atoms with van der Waals surface area (Å²) in [4.78, 5) is 11.7. The van der Waals surface area contributed by atoms with E-state index in [0.717, 1.165) is 0 Å². The average Bonchev–Trinajstić information content (AvgIpc) is 2.55. The van der Waals surface area contributed by atoms with Crippen LogP contribution in [-0.2, 0) is 9.53 Å². The summed E-state index contributed by atoms with van der Waals surface area (Å²) in [6.45, 7) is 11.0. The molecule has 2 nitrogen and oxygen atoms in total. The van der Waals surface area contributed by atoms with E-state index >= 15 is 0 Å². The van der Waals surface area contributed by atoms with Gasteiger partial charge in [-0.3, -0.25) is 0 Å². The van der Waals surface area contributed by atoms with Crippen LogP contribution in [-0.4, -0.2) is 31.0 Å². The van der Waals surface area contributed by atoms with E-state index in [9.17, 15) is 4.79 Å². The molecule has 0 saturated carbocycles. The van der Waals surface area contributed by atoms with E-state index in [2.05, 4.69) is 30.9 Å². The van der Waals surface area contributed by atoms with Crippen LogP contribution in [0.5, 0.6) is 0 Å². The Bertz CT molecular complexity index is 350. The standard InChI is InChI=1S/C8H11O2.3C4H9.Sn/c1-4-6-7(3)8(9)10-5-2;3*1-3-4-2;/h1,4,6H,5H2,2-3H3;3*1,3-4H2,2H3;/b4-1?,7-6-;;;;. The molecule has 23 heavy (non-hydrogen) atoms. The van der Waals surface area contributed by atoms with Crippen molar-refractivity contribution >= 4 is 24.3 Å². The zero-order valence-electron chi connectivity index (χ0n) is 16.1. The van der Waals surface area contributed by atoms with Crippen LogP contribution >= 0.6 is 0 Å². The molecule has 3 heteroatoms. The topological polar surface area (TPSA) is 26.3 Å². The maximum absolute atomic E-state index is 11.7. The van der Waals surface area contributed by atoms with E-state index in [1.807, 2.05) is 19.9 Å². The minimum atomic E-state index is -2.20. The number of hydrogen-bond acceptors (Lipinski definition) is 2. The zero-order valence-corrected chi connectivity index (χ0v) is 19.0. The van der Waals surface area contributed by atoms with Crippen LogP contribution in [0.15, 0.2) is 21.8 Å². The molecule has 0 heterocycles. The van der Waals surface area contributed by atoms with Gasteiger partial charge in [0.25, 0.3) is 0 Å². The van der Waals surface area contributed by atoms with Gasteiger partial charge in [-0.2, -0.15) is 0 Å². The second kappa shape index (κ2) is 14.1. The fourth-order valence-electron chi connectivity index (χ4n) is 2.92. The van der Waals surface area contributed by atoms with Gasteiger partial charge in [0.1, 0.15) is 0 Å². The first kappa shape index (κ1) is 22.7. The molecule has 0 bridgehead atoms. The summed E-state index contributed by atoms with van der Waals surface area (Å²) in [5.74, 6) is -0.186. The Morgan fingerprint density at radius 1 is 0.913 bits per heavy atom. The molecule has 134 valence electrons. The van der Waals surface area contributed by atoms with Crippen molar-refractivity contribution in [1.82, 2.24) is 0 Å². The van der Waals surface area contributed by atoms with Gasteiger partial charge >= 0.3 is 149 Å². The molecule has 0 spiro atoms. The van der Waals surface area contributed by atoms with E-state index < -0.39 is 18.4 Å². The molecule has 0 fully saturated rings. The van der Waals surface area contributed by atoms with Crippen LogP contribution in [0.3, 0.4) is 0 Å².